The fourth-order valence-electron chi connectivity index (χ4n) is 2.66. The van der Waals surface area contributed by atoms with Crippen molar-refractivity contribution in [2.24, 2.45) is 0 Å². The smallest absolute Gasteiger partial charge is 0.262 e. The van der Waals surface area contributed by atoms with Gasteiger partial charge in [0, 0.05) is 12.6 Å². The Morgan fingerprint density at radius 1 is 1.17 bits per heavy atom. The van der Waals surface area contributed by atoms with Gasteiger partial charge in [0.15, 0.2) is 6.10 Å². The zero-order valence-corrected chi connectivity index (χ0v) is 13.1. The van der Waals surface area contributed by atoms with Gasteiger partial charge in [0.25, 0.3) is 11.8 Å². The molecule has 23 heavy (non-hydrogen) atoms. The van der Waals surface area contributed by atoms with Crippen molar-refractivity contribution in [3.8, 4) is 5.75 Å². The summed E-state index contributed by atoms with van der Waals surface area (Å²) < 4.78 is 5.72. The molecule has 0 radical (unpaired) electrons. The van der Waals surface area contributed by atoms with E-state index in [0.717, 1.165) is 5.56 Å². The minimum Gasteiger partial charge on any atom is -0.477 e. The Labute approximate surface area is 134 Å². The number of fused-ring (bicyclic) bond motifs is 1. The minimum atomic E-state index is -0.719. The van der Waals surface area contributed by atoms with E-state index in [1.54, 1.807) is 24.1 Å². The molecule has 0 saturated heterocycles. The minimum absolute atomic E-state index is 0.140. The van der Waals surface area contributed by atoms with Crippen LogP contribution in [0, 0.1) is 6.92 Å². The molecule has 3 rings (SSSR count). The van der Waals surface area contributed by atoms with Gasteiger partial charge in [-0.25, -0.2) is 0 Å². The van der Waals surface area contributed by atoms with Crippen LogP contribution in [0.5, 0.6) is 5.75 Å². The molecule has 1 aliphatic heterocycles. The lowest BCUT2D eigenvalue weighted by Crippen LogP contribution is -2.50. The van der Waals surface area contributed by atoms with Crippen LogP contribution in [0.4, 0.5) is 5.69 Å². The van der Waals surface area contributed by atoms with Crippen LogP contribution in [-0.4, -0.2) is 31.5 Å². The van der Waals surface area contributed by atoms with E-state index >= 15 is 0 Å². The maximum absolute atomic E-state index is 12.9. The van der Waals surface area contributed by atoms with E-state index in [0.29, 0.717) is 17.0 Å². The fourth-order valence-corrected chi connectivity index (χ4v) is 2.66. The second-order valence-electron chi connectivity index (χ2n) is 5.47. The topological polar surface area (TPSA) is 58.6 Å². The van der Waals surface area contributed by atoms with Crippen molar-refractivity contribution in [3.63, 3.8) is 0 Å². The van der Waals surface area contributed by atoms with Crippen LogP contribution in [0.25, 0.3) is 0 Å². The zero-order valence-electron chi connectivity index (χ0n) is 13.1. The van der Waals surface area contributed by atoms with Crippen LogP contribution in [0.1, 0.15) is 15.9 Å². The number of carbonyl (C=O) groups is 2. The normalized spacial score (nSPS) is 16.3. The molecular formula is C18H18N2O3. The first kappa shape index (κ1) is 15.1. The van der Waals surface area contributed by atoms with E-state index in [4.69, 9.17) is 4.74 Å². The number of hydrogen-bond acceptors (Lipinski definition) is 3. The third-order valence-corrected chi connectivity index (χ3v) is 3.82. The quantitative estimate of drug-likeness (QED) is 0.924. The van der Waals surface area contributed by atoms with Gasteiger partial charge >= 0.3 is 0 Å². The molecule has 2 aromatic carbocycles. The third-order valence-electron chi connectivity index (χ3n) is 3.82. The Kier molecular flexibility index (Phi) is 4.02. The van der Waals surface area contributed by atoms with E-state index in [1.165, 1.54) is 0 Å². The van der Waals surface area contributed by atoms with E-state index in [-0.39, 0.29) is 18.4 Å². The van der Waals surface area contributed by atoms with Gasteiger partial charge in [0.1, 0.15) is 5.75 Å². The predicted octanol–water partition coefficient (Wildman–Crippen LogP) is 2.15. The summed E-state index contributed by atoms with van der Waals surface area (Å²) in [5, 5.41) is 2.57. The molecule has 0 aromatic heterocycles. The molecule has 1 aliphatic rings. The number of nitrogens with zero attached hydrogens (tertiary/aromatic N) is 1. The Morgan fingerprint density at radius 3 is 2.70 bits per heavy atom. The molecule has 5 heteroatoms. The highest BCUT2D eigenvalue weighted by molar-refractivity contribution is 6.08. The number of carbonyl (C=O) groups excluding carboxylic acids is 2. The summed E-state index contributed by atoms with van der Waals surface area (Å²) in [7, 11) is 1.55. The van der Waals surface area contributed by atoms with E-state index < -0.39 is 6.10 Å². The van der Waals surface area contributed by atoms with Gasteiger partial charge in [-0.15, -0.1) is 0 Å². The predicted molar refractivity (Wildman–Crippen MR) is 87.8 cm³/mol. The van der Waals surface area contributed by atoms with Crippen molar-refractivity contribution in [1.82, 2.24) is 5.32 Å². The molecule has 0 aliphatic carbocycles. The number of anilines is 1. The molecule has 2 amide bonds. The number of para-hydroxylation sites is 2. The van der Waals surface area contributed by atoms with E-state index in [2.05, 4.69) is 5.32 Å². The van der Waals surface area contributed by atoms with Gasteiger partial charge < -0.3 is 15.0 Å². The largest absolute Gasteiger partial charge is 0.477 e. The highest BCUT2D eigenvalue weighted by Gasteiger charge is 2.33. The number of benzene rings is 2. The summed E-state index contributed by atoms with van der Waals surface area (Å²) in [6.07, 6.45) is -0.719. The summed E-state index contributed by atoms with van der Waals surface area (Å²) >= 11 is 0. The summed E-state index contributed by atoms with van der Waals surface area (Å²) in [4.78, 5) is 26.5. The van der Waals surface area contributed by atoms with Gasteiger partial charge in [-0.05, 0) is 31.2 Å². The molecule has 0 saturated carbocycles. The lowest BCUT2D eigenvalue weighted by Gasteiger charge is -2.34. The van der Waals surface area contributed by atoms with Crippen LogP contribution in [0.2, 0.25) is 0 Å². The Morgan fingerprint density at radius 2 is 1.96 bits per heavy atom. The molecule has 0 spiro atoms. The van der Waals surface area contributed by atoms with Crippen LogP contribution >= 0.6 is 0 Å². The first-order valence-corrected chi connectivity index (χ1v) is 7.46. The Balaban J connectivity index is 1.99. The molecule has 0 unspecified atom stereocenters. The lowest BCUT2D eigenvalue weighted by molar-refractivity contribution is -0.127. The van der Waals surface area contributed by atoms with Crippen molar-refractivity contribution in [2.45, 2.75) is 13.0 Å². The number of likely N-dealkylation sites (N-methyl/N-ethyl adjacent to an activating group) is 1. The maximum Gasteiger partial charge on any atom is 0.262 e. The van der Waals surface area contributed by atoms with Crippen LogP contribution in [0.15, 0.2) is 48.5 Å². The first-order chi connectivity index (χ1) is 11.1. The zero-order chi connectivity index (χ0) is 16.4. The average Bonchev–Trinajstić information content (AvgIpc) is 2.59. The molecule has 1 N–H and O–H groups in total. The Hall–Kier alpha value is -2.82. The molecule has 118 valence electrons. The van der Waals surface area contributed by atoms with Crippen LogP contribution in [0.3, 0.4) is 0 Å². The van der Waals surface area contributed by atoms with Crippen LogP contribution < -0.4 is 15.0 Å². The van der Waals surface area contributed by atoms with Crippen molar-refractivity contribution in [1.29, 1.82) is 0 Å². The molecule has 5 nitrogen and oxygen atoms in total. The van der Waals surface area contributed by atoms with E-state index in [1.807, 2.05) is 43.3 Å². The van der Waals surface area contributed by atoms with Gasteiger partial charge in [-0.2, -0.15) is 0 Å². The standard InChI is InChI=1S/C18H18N2O3/c1-12-6-5-7-13(10-12)18(22)20-11-16(17(21)19-2)23-15-9-4-3-8-14(15)20/h3-10,16H,11H2,1-2H3,(H,19,21)/t16-/m1/s1. The van der Waals surface area contributed by atoms with Crippen molar-refractivity contribution < 1.29 is 14.3 Å². The molecule has 2 aromatic rings. The second-order valence-corrected chi connectivity index (χ2v) is 5.47. The first-order valence-electron chi connectivity index (χ1n) is 7.46. The lowest BCUT2D eigenvalue weighted by atomic mass is 10.1. The monoisotopic (exact) mass is 310 g/mol. The molecule has 1 atom stereocenters. The molecular weight excluding hydrogens is 292 g/mol. The van der Waals surface area contributed by atoms with Crippen molar-refractivity contribution in [2.75, 3.05) is 18.5 Å². The summed E-state index contributed by atoms with van der Waals surface area (Å²) in [5.74, 6) is 0.147. The molecule has 0 bridgehead atoms. The number of rotatable bonds is 2. The van der Waals surface area contributed by atoms with Crippen LogP contribution in [-0.2, 0) is 4.79 Å². The SMILES string of the molecule is CNC(=O)[C@H]1CN(C(=O)c2cccc(C)c2)c2ccccc2O1. The number of nitrogens with one attached hydrogen (secondary N) is 1. The second kappa shape index (κ2) is 6.12. The van der Waals surface area contributed by atoms with Gasteiger partial charge in [-0.1, -0.05) is 29.8 Å². The summed E-state index contributed by atoms with van der Waals surface area (Å²) in [5.41, 5.74) is 2.29. The maximum atomic E-state index is 12.9. The summed E-state index contributed by atoms with van der Waals surface area (Å²) in [6, 6.07) is 14.7. The van der Waals surface area contributed by atoms with Crippen molar-refractivity contribution in [3.05, 3.63) is 59.7 Å². The van der Waals surface area contributed by atoms with Gasteiger partial charge in [0.2, 0.25) is 0 Å². The fraction of sp³-hybridized carbons (Fsp3) is 0.222. The highest BCUT2D eigenvalue weighted by Crippen LogP contribution is 2.34. The Bertz CT molecular complexity index is 757. The van der Waals surface area contributed by atoms with Gasteiger partial charge in [0.05, 0.1) is 12.2 Å². The third kappa shape index (κ3) is 2.90. The highest BCUT2D eigenvalue weighted by atomic mass is 16.5. The van der Waals surface area contributed by atoms with Gasteiger partial charge in [-0.3, -0.25) is 9.59 Å². The van der Waals surface area contributed by atoms with Crippen molar-refractivity contribution >= 4 is 17.5 Å². The number of ether oxygens (including phenoxy) is 1. The molecule has 1 heterocycles. The number of hydrogen-bond donors (Lipinski definition) is 1. The number of amides is 2. The molecule has 0 fully saturated rings. The number of aryl methyl sites for hydroxylation is 1. The summed E-state index contributed by atoms with van der Waals surface area (Å²) in [6.45, 7) is 2.13. The van der Waals surface area contributed by atoms with E-state index in [9.17, 15) is 9.59 Å². The average molecular weight is 310 g/mol.